The predicted molar refractivity (Wildman–Crippen MR) is 90.3 cm³/mol. The lowest BCUT2D eigenvalue weighted by molar-refractivity contribution is 0.348. The fourth-order valence-electron chi connectivity index (χ4n) is 2.88. The Kier molecular flexibility index (Phi) is 3.83. The van der Waals surface area contributed by atoms with Crippen LogP contribution in [0.3, 0.4) is 0 Å². The number of sulfonamides is 1. The van der Waals surface area contributed by atoms with Crippen molar-refractivity contribution in [3.05, 3.63) is 40.1 Å². The van der Waals surface area contributed by atoms with Crippen LogP contribution in [0.25, 0.3) is 0 Å². The van der Waals surface area contributed by atoms with Crippen LogP contribution in [-0.2, 0) is 16.6 Å². The van der Waals surface area contributed by atoms with E-state index in [9.17, 15) is 8.42 Å². The lowest BCUT2D eigenvalue weighted by atomic mass is 10.3. The molecular formula is C16H18ClNO3S2. The molecule has 23 heavy (non-hydrogen) atoms. The molecule has 4 rings (SSSR count). The summed E-state index contributed by atoms with van der Waals surface area (Å²) >= 11 is 7.01. The van der Waals surface area contributed by atoms with E-state index in [1.54, 1.807) is 16.4 Å². The third-order valence-corrected chi connectivity index (χ3v) is 8.13. The zero-order chi connectivity index (χ0) is 16.2. The molecule has 2 aliphatic carbocycles. The Hall–Kier alpha value is -0.820. The van der Waals surface area contributed by atoms with Gasteiger partial charge in [0.05, 0.1) is 10.9 Å². The van der Waals surface area contributed by atoms with Gasteiger partial charge in [-0.3, -0.25) is 0 Å². The molecule has 0 aromatic carbocycles. The van der Waals surface area contributed by atoms with Gasteiger partial charge in [-0.1, -0.05) is 18.5 Å². The van der Waals surface area contributed by atoms with E-state index in [1.165, 1.54) is 0 Å². The van der Waals surface area contributed by atoms with E-state index in [2.05, 4.69) is 6.92 Å². The summed E-state index contributed by atoms with van der Waals surface area (Å²) < 4.78 is 34.0. The van der Waals surface area contributed by atoms with Crippen molar-refractivity contribution < 1.29 is 12.8 Å². The van der Waals surface area contributed by atoms with Gasteiger partial charge in [0.15, 0.2) is 0 Å². The average molecular weight is 372 g/mol. The highest BCUT2D eigenvalue weighted by Gasteiger charge is 2.40. The molecule has 2 fully saturated rings. The molecule has 2 aliphatic rings. The van der Waals surface area contributed by atoms with Gasteiger partial charge in [0.2, 0.25) is 0 Å². The van der Waals surface area contributed by atoms with Crippen molar-refractivity contribution in [2.75, 3.05) is 0 Å². The normalized spacial score (nSPS) is 24.3. The molecule has 2 saturated carbocycles. The minimum absolute atomic E-state index is 0.0780. The van der Waals surface area contributed by atoms with Crippen LogP contribution >= 0.6 is 22.9 Å². The maximum Gasteiger partial charge on any atom is 0.253 e. The lowest BCUT2D eigenvalue weighted by Gasteiger charge is -2.19. The molecule has 0 aliphatic heterocycles. The standard InChI is InChI=1S/C16H18ClNO3S2/c1-10-8-13(10)14-5-4-12(21-14)9-18(11-2-3-11)23(19,20)16-7-6-15(17)22-16/h4-7,10-11,13H,2-3,8-9H2,1H3/t10-,13-/m1/s1. The fourth-order valence-corrected chi connectivity index (χ4v) is 6.14. The molecule has 4 nitrogen and oxygen atoms in total. The number of hydrogen-bond donors (Lipinski definition) is 0. The molecule has 124 valence electrons. The Morgan fingerprint density at radius 1 is 1.30 bits per heavy atom. The SMILES string of the molecule is C[C@@H]1C[C@H]1c1ccc(CN(C2CC2)S(=O)(=O)c2ccc(Cl)s2)o1. The number of hydrogen-bond acceptors (Lipinski definition) is 4. The molecule has 7 heteroatoms. The predicted octanol–water partition coefficient (Wildman–Crippen LogP) is 4.47. The second-order valence-corrected chi connectivity index (χ2v) is 10.3. The summed E-state index contributed by atoms with van der Waals surface area (Å²) in [6.07, 6.45) is 2.97. The first-order valence-corrected chi connectivity index (χ1v) is 10.4. The lowest BCUT2D eigenvalue weighted by Crippen LogP contribution is -2.32. The van der Waals surface area contributed by atoms with Gasteiger partial charge in [-0.2, -0.15) is 4.31 Å². The second-order valence-electron chi connectivity index (χ2n) is 6.46. The van der Waals surface area contributed by atoms with E-state index in [1.807, 2.05) is 12.1 Å². The molecule has 0 amide bonds. The molecular weight excluding hydrogens is 354 g/mol. The van der Waals surface area contributed by atoms with Gasteiger partial charge < -0.3 is 4.42 Å². The Balaban J connectivity index is 1.57. The van der Waals surface area contributed by atoms with E-state index in [-0.39, 0.29) is 6.04 Å². The van der Waals surface area contributed by atoms with E-state index in [0.717, 1.165) is 42.1 Å². The van der Waals surface area contributed by atoms with Crippen molar-refractivity contribution in [2.45, 2.75) is 48.9 Å². The zero-order valence-corrected chi connectivity index (χ0v) is 15.1. The van der Waals surface area contributed by atoms with Gasteiger partial charge in [0.1, 0.15) is 15.7 Å². The molecule has 2 atom stereocenters. The summed E-state index contributed by atoms with van der Waals surface area (Å²) in [5.74, 6) is 2.88. The number of thiophene rings is 1. The third kappa shape index (κ3) is 3.09. The van der Waals surface area contributed by atoms with Crippen LogP contribution in [0.15, 0.2) is 32.9 Å². The number of halogens is 1. The first kappa shape index (κ1) is 15.7. The Morgan fingerprint density at radius 3 is 2.61 bits per heavy atom. The maximum atomic E-state index is 12.9. The fraction of sp³-hybridized carbons (Fsp3) is 0.500. The molecule has 0 unspecified atom stereocenters. The van der Waals surface area contributed by atoms with Crippen LogP contribution in [0.1, 0.15) is 43.6 Å². The molecule has 2 heterocycles. The summed E-state index contributed by atoms with van der Waals surface area (Å²) in [6.45, 7) is 2.50. The second kappa shape index (κ2) is 5.62. The molecule has 0 bridgehead atoms. The summed E-state index contributed by atoms with van der Waals surface area (Å²) in [7, 11) is -3.51. The van der Waals surface area contributed by atoms with Crippen LogP contribution in [0.4, 0.5) is 0 Å². The van der Waals surface area contributed by atoms with Gasteiger partial charge in [0, 0.05) is 12.0 Å². The van der Waals surface area contributed by atoms with Crippen LogP contribution < -0.4 is 0 Å². The van der Waals surface area contributed by atoms with E-state index < -0.39 is 10.0 Å². The smallest absolute Gasteiger partial charge is 0.253 e. The highest BCUT2D eigenvalue weighted by atomic mass is 35.5. The largest absolute Gasteiger partial charge is 0.464 e. The van der Waals surface area contributed by atoms with Crippen molar-refractivity contribution >= 4 is 33.0 Å². The average Bonchev–Trinajstić information content (AvgIpc) is 3.37. The van der Waals surface area contributed by atoms with Gasteiger partial charge in [-0.05, 0) is 49.4 Å². The van der Waals surface area contributed by atoms with E-state index in [0.29, 0.717) is 26.9 Å². The number of furan rings is 1. The van der Waals surface area contributed by atoms with Crippen LogP contribution in [-0.4, -0.2) is 18.8 Å². The minimum atomic E-state index is -3.51. The third-order valence-electron chi connectivity index (χ3n) is 4.53. The Labute approximate surface area is 145 Å². The topological polar surface area (TPSA) is 50.5 Å². The number of rotatable bonds is 6. The maximum absolute atomic E-state index is 12.9. The zero-order valence-electron chi connectivity index (χ0n) is 12.7. The van der Waals surface area contributed by atoms with Crippen molar-refractivity contribution in [3.8, 4) is 0 Å². The first-order chi connectivity index (χ1) is 10.9. The summed E-state index contributed by atoms with van der Waals surface area (Å²) in [5.41, 5.74) is 0. The highest BCUT2D eigenvalue weighted by molar-refractivity contribution is 7.91. The van der Waals surface area contributed by atoms with Crippen molar-refractivity contribution in [2.24, 2.45) is 5.92 Å². The van der Waals surface area contributed by atoms with E-state index in [4.69, 9.17) is 16.0 Å². The highest BCUT2D eigenvalue weighted by Crippen LogP contribution is 2.47. The Bertz CT molecular complexity index is 822. The van der Waals surface area contributed by atoms with Gasteiger partial charge in [0.25, 0.3) is 10.0 Å². The molecule has 0 radical (unpaired) electrons. The van der Waals surface area contributed by atoms with Crippen molar-refractivity contribution in [3.63, 3.8) is 0 Å². The van der Waals surface area contributed by atoms with Crippen LogP contribution in [0.5, 0.6) is 0 Å². The monoisotopic (exact) mass is 371 g/mol. The summed E-state index contributed by atoms with van der Waals surface area (Å²) in [4.78, 5) is 0. The molecule has 0 N–H and O–H groups in total. The molecule has 0 spiro atoms. The van der Waals surface area contributed by atoms with Gasteiger partial charge in [-0.25, -0.2) is 8.42 Å². The van der Waals surface area contributed by atoms with Gasteiger partial charge in [-0.15, -0.1) is 11.3 Å². The summed E-state index contributed by atoms with van der Waals surface area (Å²) in [6, 6.07) is 7.19. The molecule has 0 saturated heterocycles. The first-order valence-electron chi connectivity index (χ1n) is 7.81. The molecule has 2 aromatic heterocycles. The van der Waals surface area contributed by atoms with E-state index >= 15 is 0 Å². The Morgan fingerprint density at radius 2 is 2.04 bits per heavy atom. The minimum Gasteiger partial charge on any atom is -0.464 e. The quantitative estimate of drug-likeness (QED) is 0.752. The van der Waals surface area contributed by atoms with Crippen LogP contribution in [0, 0.1) is 5.92 Å². The number of nitrogens with zero attached hydrogens (tertiary/aromatic N) is 1. The van der Waals surface area contributed by atoms with Crippen molar-refractivity contribution in [1.82, 2.24) is 4.31 Å². The van der Waals surface area contributed by atoms with Gasteiger partial charge >= 0.3 is 0 Å². The summed E-state index contributed by atoms with van der Waals surface area (Å²) in [5, 5.41) is 0. The van der Waals surface area contributed by atoms with Crippen LogP contribution in [0.2, 0.25) is 4.34 Å². The molecule has 2 aromatic rings. The van der Waals surface area contributed by atoms with Crippen molar-refractivity contribution in [1.29, 1.82) is 0 Å².